The Morgan fingerprint density at radius 3 is 2.63 bits per heavy atom. The largest absolute Gasteiger partial charge is 0.493 e. The molecule has 0 saturated heterocycles. The fourth-order valence-electron chi connectivity index (χ4n) is 4.41. The highest BCUT2D eigenvalue weighted by Crippen LogP contribution is 2.38. The topological polar surface area (TPSA) is 79.1 Å². The molecule has 2 aromatic carbocycles. The van der Waals surface area contributed by atoms with Crippen LogP contribution < -0.4 is 24.4 Å². The lowest BCUT2D eigenvalue weighted by Gasteiger charge is -2.23. The first kappa shape index (κ1) is 29.4. The number of carbonyl (C=O) groups excluding carboxylic acids is 1. The molecule has 1 aliphatic rings. The first-order valence-corrected chi connectivity index (χ1v) is 15.2. The number of thiophene rings is 1. The van der Waals surface area contributed by atoms with E-state index in [9.17, 15) is 9.59 Å². The third-order valence-electron chi connectivity index (χ3n) is 6.27. The highest BCUT2D eigenvalue weighted by molar-refractivity contribution is 7.10. The fraction of sp³-hybridized carbons (Fsp3) is 0.207. The third-order valence-corrected chi connectivity index (χ3v) is 9.04. The van der Waals surface area contributed by atoms with Crippen molar-refractivity contribution in [3.63, 3.8) is 0 Å². The van der Waals surface area contributed by atoms with Crippen LogP contribution >= 0.6 is 57.5 Å². The maximum Gasteiger partial charge on any atom is 0.338 e. The Morgan fingerprint density at radius 1 is 1.15 bits per heavy atom. The minimum absolute atomic E-state index is 0.148. The number of hydrogen-bond donors (Lipinski definition) is 0. The molecule has 5 rings (SSSR count). The highest BCUT2D eigenvalue weighted by Gasteiger charge is 2.33. The third kappa shape index (κ3) is 5.96. The number of ether oxygens (including phenoxy) is 3. The van der Waals surface area contributed by atoms with E-state index in [1.54, 1.807) is 54.8 Å². The van der Waals surface area contributed by atoms with Crippen LogP contribution in [0.1, 0.15) is 35.9 Å². The fourth-order valence-corrected chi connectivity index (χ4v) is 7.02. The number of fused-ring (bicyclic) bond motifs is 1. The number of aromatic nitrogens is 1. The molecule has 7 nitrogen and oxygen atoms in total. The summed E-state index contributed by atoms with van der Waals surface area (Å²) in [6.07, 6.45) is 1.72. The van der Waals surface area contributed by atoms with Gasteiger partial charge in [-0.2, -0.15) is 0 Å². The second kappa shape index (κ2) is 12.4. The van der Waals surface area contributed by atoms with Crippen molar-refractivity contribution in [3.05, 3.63) is 110 Å². The van der Waals surface area contributed by atoms with Crippen molar-refractivity contribution >= 4 is 69.5 Å². The van der Waals surface area contributed by atoms with Crippen molar-refractivity contribution in [3.8, 4) is 11.5 Å². The molecule has 0 bridgehead atoms. The summed E-state index contributed by atoms with van der Waals surface area (Å²) in [5.74, 6) is 0.234. The van der Waals surface area contributed by atoms with Crippen LogP contribution in [0.25, 0.3) is 6.08 Å². The lowest BCUT2D eigenvalue weighted by Crippen LogP contribution is -2.39. The Balaban J connectivity index is 1.54. The number of hydrogen-bond acceptors (Lipinski definition) is 8. The van der Waals surface area contributed by atoms with Crippen molar-refractivity contribution < 1.29 is 19.0 Å². The molecule has 0 amide bonds. The van der Waals surface area contributed by atoms with Gasteiger partial charge in [-0.25, -0.2) is 9.79 Å². The van der Waals surface area contributed by atoms with Crippen LogP contribution in [-0.4, -0.2) is 24.3 Å². The molecule has 0 radical (unpaired) electrons. The van der Waals surface area contributed by atoms with E-state index in [2.05, 4.69) is 4.99 Å². The number of rotatable bonds is 8. The average molecular weight is 650 g/mol. The Kier molecular flexibility index (Phi) is 8.91. The number of nitrogens with zero attached hydrogens (tertiary/aromatic N) is 2. The Labute approximate surface area is 258 Å². The molecular formula is C29H23Cl3N2O5S2. The second-order valence-corrected chi connectivity index (χ2v) is 12.1. The van der Waals surface area contributed by atoms with Crippen LogP contribution in [0.3, 0.4) is 0 Å². The Bertz CT molecular complexity index is 1840. The first-order chi connectivity index (χ1) is 19.7. The molecule has 12 heteroatoms. The zero-order valence-electron chi connectivity index (χ0n) is 22.1. The second-order valence-electron chi connectivity index (χ2n) is 8.88. The van der Waals surface area contributed by atoms with Gasteiger partial charge in [0.15, 0.2) is 16.3 Å². The Hall–Kier alpha value is -3.08. The molecule has 0 aliphatic carbocycles. The van der Waals surface area contributed by atoms with Gasteiger partial charge in [-0.15, -0.1) is 11.3 Å². The van der Waals surface area contributed by atoms with Crippen LogP contribution in [0, 0.1) is 0 Å². The summed E-state index contributed by atoms with van der Waals surface area (Å²) in [5, 5.41) is 3.20. The molecule has 0 spiro atoms. The summed E-state index contributed by atoms with van der Waals surface area (Å²) < 4.78 is 18.8. The molecule has 0 N–H and O–H groups in total. The summed E-state index contributed by atoms with van der Waals surface area (Å²) in [6, 6.07) is 11.7. The van der Waals surface area contributed by atoms with Crippen LogP contribution in [-0.2, 0) is 16.1 Å². The van der Waals surface area contributed by atoms with Gasteiger partial charge in [0.25, 0.3) is 5.56 Å². The minimum Gasteiger partial charge on any atom is -0.493 e. The van der Waals surface area contributed by atoms with Crippen LogP contribution in [0.15, 0.2) is 68.9 Å². The summed E-state index contributed by atoms with van der Waals surface area (Å²) in [7, 11) is 1.51. The maximum absolute atomic E-state index is 13.8. The van der Waals surface area contributed by atoms with Crippen LogP contribution in [0.5, 0.6) is 11.5 Å². The van der Waals surface area contributed by atoms with Crippen LogP contribution in [0.2, 0.25) is 15.1 Å². The van der Waals surface area contributed by atoms with E-state index in [1.807, 2.05) is 17.5 Å². The van der Waals surface area contributed by atoms with Gasteiger partial charge < -0.3 is 14.2 Å². The number of methoxy groups -OCH3 is 1. The molecule has 1 atom stereocenters. The van der Waals surface area contributed by atoms with Crippen molar-refractivity contribution in [2.75, 3.05) is 13.7 Å². The van der Waals surface area contributed by atoms with Gasteiger partial charge in [-0.1, -0.05) is 58.3 Å². The minimum atomic E-state index is -0.638. The molecule has 212 valence electrons. The molecule has 0 saturated carbocycles. The number of carbonyl (C=O) groups is 1. The first-order valence-electron chi connectivity index (χ1n) is 12.4. The Morgan fingerprint density at radius 2 is 1.95 bits per heavy atom. The van der Waals surface area contributed by atoms with E-state index in [4.69, 9.17) is 49.0 Å². The van der Waals surface area contributed by atoms with Crippen molar-refractivity contribution in [1.29, 1.82) is 0 Å². The molecule has 3 heterocycles. The standard InChI is InChI=1S/C29H23Cl3N2O5S2/c1-4-38-28(36)24-15(2)33-29-34(25(24)22-6-5-9-40-22)27(35)23(41-29)12-16-10-20(32)26(21(11-16)37-3)39-14-17-7-8-18(30)13-19(17)31/h5-13,25H,4,14H2,1-3H3/b23-12-/t25-/m0/s1. The number of halogens is 3. The predicted octanol–water partition coefficient (Wildman–Crippen LogP) is 6.41. The van der Waals surface area contributed by atoms with Crippen molar-refractivity contribution in [2.24, 2.45) is 4.99 Å². The monoisotopic (exact) mass is 648 g/mol. The van der Waals surface area contributed by atoms with E-state index in [0.29, 0.717) is 52.7 Å². The summed E-state index contributed by atoms with van der Waals surface area (Å²) in [4.78, 5) is 32.6. The molecule has 41 heavy (non-hydrogen) atoms. The molecule has 1 aliphatic heterocycles. The van der Waals surface area contributed by atoms with E-state index in [0.717, 1.165) is 10.4 Å². The number of benzene rings is 2. The number of esters is 1. The lowest BCUT2D eigenvalue weighted by atomic mass is 10.0. The van der Waals surface area contributed by atoms with Gasteiger partial charge in [0.1, 0.15) is 12.6 Å². The highest BCUT2D eigenvalue weighted by atomic mass is 35.5. The van der Waals surface area contributed by atoms with Gasteiger partial charge in [0.05, 0.1) is 34.5 Å². The zero-order chi connectivity index (χ0) is 29.3. The quantitative estimate of drug-likeness (QED) is 0.206. The molecule has 0 fully saturated rings. The molecular weight excluding hydrogens is 627 g/mol. The van der Waals surface area contributed by atoms with E-state index in [1.165, 1.54) is 29.8 Å². The maximum atomic E-state index is 13.8. The number of allylic oxidation sites excluding steroid dienone is 1. The average Bonchev–Trinajstić information content (AvgIpc) is 3.56. The zero-order valence-corrected chi connectivity index (χ0v) is 26.0. The molecule has 4 aromatic rings. The van der Waals surface area contributed by atoms with E-state index < -0.39 is 12.0 Å². The molecule has 0 unspecified atom stereocenters. The van der Waals surface area contributed by atoms with E-state index >= 15 is 0 Å². The van der Waals surface area contributed by atoms with Crippen molar-refractivity contribution in [1.82, 2.24) is 4.57 Å². The number of thiazole rings is 1. The van der Waals surface area contributed by atoms with Crippen molar-refractivity contribution in [2.45, 2.75) is 26.5 Å². The predicted molar refractivity (Wildman–Crippen MR) is 164 cm³/mol. The van der Waals surface area contributed by atoms with E-state index in [-0.39, 0.29) is 18.8 Å². The summed E-state index contributed by atoms with van der Waals surface area (Å²) >= 11 is 21.6. The van der Waals surface area contributed by atoms with Gasteiger partial charge >= 0.3 is 5.97 Å². The SMILES string of the molecule is CCOC(=O)C1=C(C)N=c2s/c(=C\c3cc(Cl)c(OCc4ccc(Cl)cc4Cl)c(OC)c3)c(=O)n2[C@H]1c1cccs1. The van der Waals surface area contributed by atoms with Gasteiger partial charge in [-0.3, -0.25) is 9.36 Å². The van der Waals surface area contributed by atoms with Gasteiger partial charge in [-0.05, 0) is 61.2 Å². The normalized spacial score (nSPS) is 15.0. The van der Waals surface area contributed by atoms with Crippen LogP contribution in [0.4, 0.5) is 0 Å². The smallest absolute Gasteiger partial charge is 0.338 e. The summed E-state index contributed by atoms with van der Waals surface area (Å²) in [5.41, 5.74) is 1.94. The van der Waals surface area contributed by atoms with Gasteiger partial charge in [0.2, 0.25) is 0 Å². The summed E-state index contributed by atoms with van der Waals surface area (Å²) in [6.45, 7) is 3.86. The lowest BCUT2D eigenvalue weighted by molar-refractivity contribution is -0.139. The van der Waals surface area contributed by atoms with Gasteiger partial charge in [0, 0.05) is 20.5 Å². The molecule has 2 aromatic heterocycles.